The summed E-state index contributed by atoms with van der Waals surface area (Å²) in [4.78, 5) is 36.7. The summed E-state index contributed by atoms with van der Waals surface area (Å²) < 4.78 is 0. The van der Waals surface area contributed by atoms with Gasteiger partial charge in [0.15, 0.2) is 0 Å². The fourth-order valence-electron chi connectivity index (χ4n) is 2.17. The molecule has 2 rings (SSSR count). The van der Waals surface area contributed by atoms with Crippen LogP contribution in [0.25, 0.3) is 0 Å². The summed E-state index contributed by atoms with van der Waals surface area (Å²) >= 11 is 0. The fourth-order valence-corrected chi connectivity index (χ4v) is 2.17. The molecule has 1 aromatic carbocycles. The Morgan fingerprint density at radius 1 is 1.28 bits per heavy atom. The maximum absolute atomic E-state index is 12.0. The smallest absolute Gasteiger partial charge is 0.251 e. The maximum Gasteiger partial charge on any atom is 0.251 e. The Balaban J connectivity index is 1.82. The van der Waals surface area contributed by atoms with Gasteiger partial charge in [0.2, 0.25) is 11.8 Å². The molecule has 25 heavy (non-hydrogen) atoms. The molecule has 1 saturated carbocycles. The van der Waals surface area contributed by atoms with Crippen LogP contribution in [0, 0.1) is 16.7 Å². The molecular weight excluding hydrogens is 320 g/mol. The highest BCUT2D eigenvalue weighted by molar-refractivity contribution is 6.01. The van der Waals surface area contributed by atoms with E-state index in [1.54, 1.807) is 31.3 Å². The zero-order valence-electron chi connectivity index (χ0n) is 14.0. The van der Waals surface area contributed by atoms with Crippen molar-refractivity contribution in [1.82, 2.24) is 10.6 Å². The van der Waals surface area contributed by atoms with E-state index in [2.05, 4.69) is 23.3 Å². The van der Waals surface area contributed by atoms with E-state index in [4.69, 9.17) is 5.26 Å². The molecule has 0 spiro atoms. The third-order valence-electron chi connectivity index (χ3n) is 4.15. The number of benzene rings is 1. The molecule has 0 bridgehead atoms. The molecule has 130 valence electrons. The second kappa shape index (κ2) is 7.62. The second-order valence-electron chi connectivity index (χ2n) is 6.00. The van der Waals surface area contributed by atoms with Gasteiger partial charge >= 0.3 is 0 Å². The van der Waals surface area contributed by atoms with Crippen molar-refractivity contribution >= 4 is 23.4 Å². The number of likely N-dealkylation sites (N-methyl/N-ethyl adjacent to an activating group) is 1. The number of nitrogens with zero attached hydrogens (tertiary/aromatic N) is 2. The summed E-state index contributed by atoms with van der Waals surface area (Å²) in [6, 6.07) is 8.61. The maximum atomic E-state index is 12.0. The summed E-state index contributed by atoms with van der Waals surface area (Å²) in [6.07, 6.45) is 2.80. The van der Waals surface area contributed by atoms with E-state index >= 15 is 0 Å². The zero-order chi connectivity index (χ0) is 18.4. The first kappa shape index (κ1) is 18.2. The number of carbonyl (C=O) groups is 3. The molecule has 0 radical (unpaired) electrons. The van der Waals surface area contributed by atoms with Crippen molar-refractivity contribution in [1.29, 1.82) is 5.26 Å². The quantitative estimate of drug-likeness (QED) is 0.722. The third kappa shape index (κ3) is 4.67. The van der Waals surface area contributed by atoms with E-state index in [1.807, 2.05) is 0 Å². The average molecular weight is 340 g/mol. The Labute approximate surface area is 146 Å². The van der Waals surface area contributed by atoms with Crippen LogP contribution in [-0.4, -0.2) is 37.9 Å². The Morgan fingerprint density at radius 3 is 2.44 bits per heavy atom. The number of nitriles is 1. The first-order valence-electron chi connectivity index (χ1n) is 7.87. The van der Waals surface area contributed by atoms with Gasteiger partial charge in [-0.2, -0.15) is 5.26 Å². The van der Waals surface area contributed by atoms with Gasteiger partial charge in [-0.05, 0) is 43.2 Å². The standard InChI is InChI=1S/C18H20N4O3/c1-3-16(24)22(2)14-6-4-13(5-7-14)17(25)20-10-15(23)21-12-18(11-19)8-9-18/h3-7H,1,8-10,12H2,2H3,(H,20,25)(H,21,23). The molecule has 1 aliphatic rings. The molecule has 1 aliphatic carbocycles. The highest BCUT2D eigenvalue weighted by atomic mass is 16.2. The van der Waals surface area contributed by atoms with Crippen LogP contribution in [0.2, 0.25) is 0 Å². The SMILES string of the molecule is C=CC(=O)N(C)c1ccc(C(=O)NCC(=O)NCC2(C#N)CC2)cc1. The fraction of sp³-hybridized carbons (Fsp3) is 0.333. The Morgan fingerprint density at radius 2 is 1.92 bits per heavy atom. The minimum absolute atomic E-state index is 0.156. The van der Waals surface area contributed by atoms with Gasteiger partial charge < -0.3 is 15.5 Å². The summed E-state index contributed by atoms with van der Waals surface area (Å²) in [7, 11) is 1.61. The molecular formula is C18H20N4O3. The van der Waals surface area contributed by atoms with Gasteiger partial charge in [0.25, 0.3) is 5.91 Å². The molecule has 7 nitrogen and oxygen atoms in total. The van der Waals surface area contributed by atoms with Gasteiger partial charge in [-0.1, -0.05) is 6.58 Å². The second-order valence-corrected chi connectivity index (χ2v) is 6.00. The Kier molecular flexibility index (Phi) is 5.55. The summed E-state index contributed by atoms with van der Waals surface area (Å²) in [5, 5.41) is 14.1. The largest absolute Gasteiger partial charge is 0.353 e. The van der Waals surface area contributed by atoms with Crippen molar-refractivity contribution in [2.24, 2.45) is 5.41 Å². The third-order valence-corrected chi connectivity index (χ3v) is 4.15. The average Bonchev–Trinajstić information content (AvgIpc) is 3.43. The summed E-state index contributed by atoms with van der Waals surface area (Å²) in [5.74, 6) is -0.969. The summed E-state index contributed by atoms with van der Waals surface area (Å²) in [5.41, 5.74) is 0.599. The van der Waals surface area contributed by atoms with Gasteiger partial charge in [0, 0.05) is 24.8 Å². The monoisotopic (exact) mass is 340 g/mol. The number of hydrogen-bond donors (Lipinski definition) is 2. The molecule has 0 atom stereocenters. The molecule has 0 heterocycles. The number of amides is 3. The van der Waals surface area contributed by atoms with Crippen LogP contribution in [0.5, 0.6) is 0 Å². The minimum Gasteiger partial charge on any atom is -0.353 e. The molecule has 0 saturated heterocycles. The van der Waals surface area contributed by atoms with Crippen LogP contribution in [0.4, 0.5) is 5.69 Å². The minimum atomic E-state index is -0.412. The molecule has 0 aliphatic heterocycles. The number of anilines is 1. The van der Waals surface area contributed by atoms with E-state index in [-0.39, 0.29) is 24.3 Å². The highest BCUT2D eigenvalue weighted by Gasteiger charge is 2.43. The molecule has 7 heteroatoms. The van der Waals surface area contributed by atoms with E-state index < -0.39 is 5.41 Å². The molecule has 1 fully saturated rings. The molecule has 2 N–H and O–H groups in total. The van der Waals surface area contributed by atoms with Crippen LogP contribution in [0.1, 0.15) is 23.2 Å². The molecule has 3 amide bonds. The highest BCUT2D eigenvalue weighted by Crippen LogP contribution is 2.43. The zero-order valence-corrected chi connectivity index (χ0v) is 14.0. The topological polar surface area (TPSA) is 102 Å². The van der Waals surface area contributed by atoms with Gasteiger partial charge in [0.1, 0.15) is 0 Å². The lowest BCUT2D eigenvalue weighted by Gasteiger charge is -2.15. The molecule has 1 aromatic rings. The Hall–Kier alpha value is -3.14. The van der Waals surface area contributed by atoms with Gasteiger partial charge in [-0.25, -0.2) is 0 Å². The lowest BCUT2D eigenvalue weighted by Crippen LogP contribution is -2.39. The predicted octanol–water partition coefficient (Wildman–Crippen LogP) is 0.985. The van der Waals surface area contributed by atoms with Crippen molar-refractivity contribution in [3.63, 3.8) is 0 Å². The molecule has 0 unspecified atom stereocenters. The van der Waals surface area contributed by atoms with E-state index in [1.165, 1.54) is 11.0 Å². The Bertz CT molecular complexity index is 730. The van der Waals surface area contributed by atoms with Crippen molar-refractivity contribution in [3.05, 3.63) is 42.5 Å². The van der Waals surface area contributed by atoms with E-state index in [0.717, 1.165) is 12.8 Å². The van der Waals surface area contributed by atoms with Gasteiger partial charge in [0.05, 0.1) is 18.0 Å². The van der Waals surface area contributed by atoms with E-state index in [9.17, 15) is 14.4 Å². The van der Waals surface area contributed by atoms with Gasteiger partial charge in [-0.15, -0.1) is 0 Å². The lowest BCUT2D eigenvalue weighted by molar-refractivity contribution is -0.120. The van der Waals surface area contributed by atoms with Crippen LogP contribution in [0.15, 0.2) is 36.9 Å². The number of hydrogen-bond acceptors (Lipinski definition) is 4. The van der Waals surface area contributed by atoms with Gasteiger partial charge in [-0.3, -0.25) is 14.4 Å². The van der Waals surface area contributed by atoms with Crippen LogP contribution < -0.4 is 15.5 Å². The van der Waals surface area contributed by atoms with Crippen LogP contribution in [0.3, 0.4) is 0 Å². The first-order chi connectivity index (χ1) is 11.9. The van der Waals surface area contributed by atoms with Crippen molar-refractivity contribution in [2.45, 2.75) is 12.8 Å². The number of carbonyl (C=O) groups excluding carboxylic acids is 3. The van der Waals surface area contributed by atoms with Crippen LogP contribution >= 0.6 is 0 Å². The van der Waals surface area contributed by atoms with Crippen molar-refractivity contribution in [2.75, 3.05) is 25.0 Å². The lowest BCUT2D eigenvalue weighted by atomic mass is 10.1. The number of nitrogens with one attached hydrogen (secondary N) is 2. The predicted molar refractivity (Wildman–Crippen MR) is 92.7 cm³/mol. The number of rotatable bonds is 7. The van der Waals surface area contributed by atoms with E-state index in [0.29, 0.717) is 17.8 Å². The van der Waals surface area contributed by atoms with Crippen molar-refractivity contribution in [3.8, 4) is 6.07 Å². The normalized spacial score (nSPS) is 13.9. The summed E-state index contributed by atoms with van der Waals surface area (Å²) in [6.45, 7) is 3.58. The molecule has 0 aromatic heterocycles. The first-order valence-corrected chi connectivity index (χ1v) is 7.87. The van der Waals surface area contributed by atoms with Crippen molar-refractivity contribution < 1.29 is 14.4 Å². The van der Waals surface area contributed by atoms with Crippen LogP contribution in [-0.2, 0) is 9.59 Å².